The number of hydrogen-bond donors (Lipinski definition) is 0. The zero-order valence-electron chi connectivity index (χ0n) is 8.91. The first-order valence-corrected chi connectivity index (χ1v) is 5.49. The summed E-state index contributed by atoms with van der Waals surface area (Å²) in [5.74, 6) is 0.719. The maximum absolute atomic E-state index is 5.33. The Hall–Kier alpha value is -0.600. The number of hydrogen-bond acceptors (Lipinski definition) is 2. The Morgan fingerprint density at radius 1 is 1.43 bits per heavy atom. The quantitative estimate of drug-likeness (QED) is 0.663. The maximum atomic E-state index is 5.33. The number of morpholine rings is 1. The van der Waals surface area contributed by atoms with E-state index in [1.54, 1.807) is 0 Å². The highest BCUT2D eigenvalue weighted by atomic mass is 16.5. The van der Waals surface area contributed by atoms with E-state index >= 15 is 0 Å². The molecule has 14 heavy (non-hydrogen) atoms. The minimum atomic E-state index is 0.719. The van der Waals surface area contributed by atoms with Crippen molar-refractivity contribution in [3.05, 3.63) is 23.8 Å². The number of nitrogens with zero attached hydrogens (tertiary/aromatic N) is 1. The summed E-state index contributed by atoms with van der Waals surface area (Å²) in [6, 6.07) is 0. The van der Waals surface area contributed by atoms with Gasteiger partial charge < -0.3 is 4.74 Å². The summed E-state index contributed by atoms with van der Waals surface area (Å²) in [6.07, 6.45) is 8.14. The van der Waals surface area contributed by atoms with E-state index in [0.717, 1.165) is 32.2 Å². The van der Waals surface area contributed by atoms with Crippen molar-refractivity contribution >= 4 is 0 Å². The maximum Gasteiger partial charge on any atom is 0.0594 e. The highest BCUT2D eigenvalue weighted by molar-refractivity contribution is 5.21. The molecule has 0 aromatic heterocycles. The molecule has 0 aromatic rings. The van der Waals surface area contributed by atoms with Gasteiger partial charge in [0, 0.05) is 19.6 Å². The lowest BCUT2D eigenvalue weighted by atomic mass is 9.97. The highest BCUT2D eigenvalue weighted by Gasteiger charge is 2.15. The van der Waals surface area contributed by atoms with Gasteiger partial charge in [0.25, 0.3) is 0 Å². The van der Waals surface area contributed by atoms with Crippen LogP contribution in [0.1, 0.15) is 13.3 Å². The van der Waals surface area contributed by atoms with Crippen LogP contribution in [0.2, 0.25) is 0 Å². The van der Waals surface area contributed by atoms with Crippen LogP contribution in [-0.2, 0) is 4.74 Å². The lowest BCUT2D eigenvalue weighted by Crippen LogP contribution is -2.39. The highest BCUT2D eigenvalue weighted by Crippen LogP contribution is 2.17. The Kier molecular flexibility index (Phi) is 3.38. The molecule has 2 heteroatoms. The fourth-order valence-electron chi connectivity index (χ4n) is 2.02. The summed E-state index contributed by atoms with van der Waals surface area (Å²) < 4.78 is 5.33. The van der Waals surface area contributed by atoms with Crippen molar-refractivity contribution < 1.29 is 4.74 Å². The lowest BCUT2D eigenvalue weighted by Gasteiger charge is -2.29. The Bertz CT molecular complexity index is 239. The third-order valence-corrected chi connectivity index (χ3v) is 2.97. The Labute approximate surface area is 86.2 Å². The second-order valence-corrected chi connectivity index (χ2v) is 4.22. The van der Waals surface area contributed by atoms with Crippen molar-refractivity contribution in [1.29, 1.82) is 0 Å². The van der Waals surface area contributed by atoms with Gasteiger partial charge in [0.1, 0.15) is 0 Å². The molecule has 2 rings (SSSR count). The van der Waals surface area contributed by atoms with Crippen LogP contribution in [0.15, 0.2) is 23.8 Å². The van der Waals surface area contributed by atoms with Crippen LogP contribution < -0.4 is 0 Å². The molecule has 0 aromatic carbocycles. The smallest absolute Gasteiger partial charge is 0.0594 e. The number of allylic oxidation sites excluding steroid dienone is 3. The molecule has 1 saturated heterocycles. The molecule has 2 nitrogen and oxygen atoms in total. The fraction of sp³-hybridized carbons (Fsp3) is 0.667. The molecule has 78 valence electrons. The summed E-state index contributed by atoms with van der Waals surface area (Å²) >= 11 is 0. The van der Waals surface area contributed by atoms with Crippen LogP contribution in [0, 0.1) is 5.92 Å². The van der Waals surface area contributed by atoms with Crippen LogP contribution >= 0.6 is 0 Å². The topological polar surface area (TPSA) is 12.5 Å². The van der Waals surface area contributed by atoms with Gasteiger partial charge in [0.05, 0.1) is 13.2 Å². The Morgan fingerprint density at radius 2 is 2.21 bits per heavy atom. The molecule has 1 atom stereocenters. The third kappa shape index (κ3) is 2.69. The van der Waals surface area contributed by atoms with E-state index < -0.39 is 0 Å². The SMILES string of the molecule is CC1=CCC(CN2CCOCC2)C=C1. The van der Waals surface area contributed by atoms with Crippen LogP contribution in [0.3, 0.4) is 0 Å². The van der Waals surface area contributed by atoms with E-state index in [0.29, 0.717) is 0 Å². The summed E-state index contributed by atoms with van der Waals surface area (Å²) in [5.41, 5.74) is 1.41. The molecule has 1 aliphatic carbocycles. The molecule has 0 amide bonds. The molecule has 0 bridgehead atoms. The van der Waals surface area contributed by atoms with Gasteiger partial charge in [0.2, 0.25) is 0 Å². The van der Waals surface area contributed by atoms with Gasteiger partial charge in [-0.2, -0.15) is 0 Å². The molecule has 0 saturated carbocycles. The minimum absolute atomic E-state index is 0.719. The summed E-state index contributed by atoms with van der Waals surface area (Å²) in [5, 5.41) is 0. The Balaban J connectivity index is 1.78. The first-order chi connectivity index (χ1) is 6.84. The second-order valence-electron chi connectivity index (χ2n) is 4.22. The molecule has 0 N–H and O–H groups in total. The molecule has 0 radical (unpaired) electrons. The molecular formula is C12H19NO. The average molecular weight is 193 g/mol. The van der Waals surface area contributed by atoms with Crippen LogP contribution in [0.25, 0.3) is 0 Å². The molecule has 1 aliphatic heterocycles. The van der Waals surface area contributed by atoms with Gasteiger partial charge in [-0.05, 0) is 19.3 Å². The summed E-state index contributed by atoms with van der Waals surface area (Å²) in [4.78, 5) is 2.51. The fourth-order valence-corrected chi connectivity index (χ4v) is 2.02. The predicted octanol–water partition coefficient (Wildman–Crippen LogP) is 1.84. The van der Waals surface area contributed by atoms with E-state index in [-0.39, 0.29) is 0 Å². The van der Waals surface area contributed by atoms with Crippen LogP contribution in [-0.4, -0.2) is 37.7 Å². The molecule has 0 spiro atoms. The van der Waals surface area contributed by atoms with E-state index in [4.69, 9.17) is 4.74 Å². The van der Waals surface area contributed by atoms with E-state index in [1.165, 1.54) is 18.5 Å². The zero-order chi connectivity index (χ0) is 9.80. The first kappa shape index (κ1) is 9.94. The van der Waals surface area contributed by atoms with Crippen molar-refractivity contribution in [2.45, 2.75) is 13.3 Å². The normalized spacial score (nSPS) is 28.9. The predicted molar refractivity (Wildman–Crippen MR) is 58.3 cm³/mol. The summed E-state index contributed by atoms with van der Waals surface area (Å²) in [7, 11) is 0. The van der Waals surface area contributed by atoms with Gasteiger partial charge in [-0.3, -0.25) is 4.90 Å². The van der Waals surface area contributed by atoms with Crippen molar-refractivity contribution in [3.8, 4) is 0 Å². The molecule has 1 unspecified atom stereocenters. The zero-order valence-corrected chi connectivity index (χ0v) is 8.91. The molecule has 1 heterocycles. The van der Waals surface area contributed by atoms with Gasteiger partial charge in [0.15, 0.2) is 0 Å². The van der Waals surface area contributed by atoms with Crippen LogP contribution in [0.5, 0.6) is 0 Å². The van der Waals surface area contributed by atoms with E-state index in [1.807, 2.05) is 0 Å². The largest absolute Gasteiger partial charge is 0.379 e. The Morgan fingerprint density at radius 3 is 2.86 bits per heavy atom. The van der Waals surface area contributed by atoms with Gasteiger partial charge >= 0.3 is 0 Å². The molecular weight excluding hydrogens is 174 g/mol. The van der Waals surface area contributed by atoms with Gasteiger partial charge in [-0.15, -0.1) is 0 Å². The van der Waals surface area contributed by atoms with E-state index in [2.05, 4.69) is 30.1 Å². The second kappa shape index (κ2) is 4.76. The van der Waals surface area contributed by atoms with Gasteiger partial charge in [-0.1, -0.05) is 23.8 Å². The monoisotopic (exact) mass is 193 g/mol. The summed E-state index contributed by atoms with van der Waals surface area (Å²) in [6.45, 7) is 7.39. The van der Waals surface area contributed by atoms with Crippen LogP contribution in [0.4, 0.5) is 0 Å². The van der Waals surface area contributed by atoms with Gasteiger partial charge in [-0.25, -0.2) is 0 Å². The standard InChI is InChI=1S/C12H19NO/c1-11-2-4-12(5-3-11)10-13-6-8-14-9-7-13/h2-4,12H,5-10H2,1H3. The van der Waals surface area contributed by atoms with Crippen molar-refractivity contribution in [3.63, 3.8) is 0 Å². The third-order valence-electron chi connectivity index (χ3n) is 2.97. The molecule has 2 aliphatic rings. The van der Waals surface area contributed by atoms with Crippen molar-refractivity contribution in [1.82, 2.24) is 4.90 Å². The minimum Gasteiger partial charge on any atom is -0.379 e. The average Bonchev–Trinajstić information content (AvgIpc) is 2.23. The van der Waals surface area contributed by atoms with E-state index in [9.17, 15) is 0 Å². The first-order valence-electron chi connectivity index (χ1n) is 5.49. The van der Waals surface area contributed by atoms with Crippen molar-refractivity contribution in [2.24, 2.45) is 5.92 Å². The number of rotatable bonds is 2. The number of ether oxygens (including phenoxy) is 1. The lowest BCUT2D eigenvalue weighted by molar-refractivity contribution is 0.0335. The molecule has 1 fully saturated rings. The van der Waals surface area contributed by atoms with Crippen molar-refractivity contribution in [2.75, 3.05) is 32.8 Å².